The van der Waals surface area contributed by atoms with E-state index in [0.717, 1.165) is 38.4 Å². The molecule has 4 nitrogen and oxygen atoms in total. The number of nitrogens with zero attached hydrogens (tertiary/aromatic N) is 4. The van der Waals surface area contributed by atoms with Crippen molar-refractivity contribution in [2.45, 2.75) is 17.5 Å². The molecular weight excluding hydrogens is 400 g/mol. The summed E-state index contributed by atoms with van der Waals surface area (Å²) in [6, 6.07) is 26.4. The summed E-state index contributed by atoms with van der Waals surface area (Å²) in [4.78, 5) is 4.86. The predicted octanol–water partition coefficient (Wildman–Crippen LogP) is 5.97. The number of fused-ring (bicyclic) bond motifs is 3. The van der Waals surface area contributed by atoms with E-state index in [1.807, 2.05) is 54.6 Å². The van der Waals surface area contributed by atoms with E-state index < -0.39 is 0 Å². The van der Waals surface area contributed by atoms with Gasteiger partial charge in [-0.15, -0.1) is 10.2 Å². The van der Waals surface area contributed by atoms with Crippen molar-refractivity contribution in [3.8, 4) is 0 Å². The molecule has 0 radical (unpaired) electrons. The van der Waals surface area contributed by atoms with E-state index in [4.69, 9.17) is 16.6 Å². The zero-order chi connectivity index (χ0) is 19.6. The first-order valence-corrected chi connectivity index (χ1v) is 10.7. The molecule has 5 rings (SSSR count). The van der Waals surface area contributed by atoms with E-state index in [1.54, 1.807) is 11.8 Å². The van der Waals surface area contributed by atoms with Crippen LogP contribution in [0.15, 0.2) is 84.0 Å². The highest BCUT2D eigenvalue weighted by atomic mass is 35.5. The minimum atomic E-state index is 0.630. The van der Waals surface area contributed by atoms with Gasteiger partial charge in [-0.05, 0) is 23.3 Å². The third-order valence-electron chi connectivity index (χ3n) is 4.85. The maximum Gasteiger partial charge on any atom is 0.211 e. The standard InChI is InChI=1S/C23H17ClN4S/c24-19-12-6-4-10-17(19)14-28-20-13-7-5-11-18(20)21-22(28)25-23(27-26-21)29-15-16-8-2-1-3-9-16/h1-13H,14-15H2. The van der Waals surface area contributed by atoms with Crippen LogP contribution in [0.5, 0.6) is 0 Å². The number of halogens is 1. The Morgan fingerprint density at radius 1 is 0.828 bits per heavy atom. The topological polar surface area (TPSA) is 43.6 Å². The van der Waals surface area contributed by atoms with Gasteiger partial charge in [-0.3, -0.25) is 0 Å². The highest BCUT2D eigenvalue weighted by molar-refractivity contribution is 7.98. The van der Waals surface area contributed by atoms with Crippen LogP contribution in [0.25, 0.3) is 22.1 Å². The van der Waals surface area contributed by atoms with Gasteiger partial charge < -0.3 is 4.57 Å². The Morgan fingerprint density at radius 2 is 1.59 bits per heavy atom. The lowest BCUT2D eigenvalue weighted by Crippen LogP contribution is -2.03. The summed E-state index contributed by atoms with van der Waals surface area (Å²) in [6.45, 7) is 0.630. The number of rotatable bonds is 5. The molecule has 0 bridgehead atoms. The molecule has 0 saturated carbocycles. The Balaban J connectivity index is 1.58. The van der Waals surface area contributed by atoms with Crippen molar-refractivity contribution in [2.75, 3.05) is 0 Å². The Kier molecular flexibility index (Phi) is 4.92. The lowest BCUT2D eigenvalue weighted by Gasteiger charge is -2.09. The lowest BCUT2D eigenvalue weighted by atomic mass is 10.2. The molecule has 0 saturated heterocycles. The molecule has 0 unspecified atom stereocenters. The van der Waals surface area contributed by atoms with Crippen molar-refractivity contribution in [2.24, 2.45) is 0 Å². The van der Waals surface area contributed by atoms with Crippen molar-refractivity contribution in [3.63, 3.8) is 0 Å². The summed E-state index contributed by atoms with van der Waals surface area (Å²) >= 11 is 8.02. The second-order valence-electron chi connectivity index (χ2n) is 6.74. The fourth-order valence-corrected chi connectivity index (χ4v) is 4.36. The smallest absolute Gasteiger partial charge is 0.211 e. The summed E-state index contributed by atoms with van der Waals surface area (Å²) in [5.41, 5.74) is 5.01. The second kappa shape index (κ2) is 7.85. The molecule has 0 aliphatic rings. The summed E-state index contributed by atoms with van der Waals surface area (Å²) in [7, 11) is 0. The van der Waals surface area contributed by atoms with E-state index in [2.05, 4.69) is 39.0 Å². The number of hydrogen-bond acceptors (Lipinski definition) is 4. The molecule has 0 fully saturated rings. The molecule has 0 aliphatic carbocycles. The fourth-order valence-electron chi connectivity index (χ4n) is 3.43. The first-order chi connectivity index (χ1) is 14.3. The first kappa shape index (κ1) is 18.2. The summed E-state index contributed by atoms with van der Waals surface area (Å²) in [5.74, 6) is 0.804. The average Bonchev–Trinajstić information content (AvgIpc) is 3.08. The molecule has 6 heteroatoms. The zero-order valence-corrected chi connectivity index (χ0v) is 17.1. The van der Waals surface area contributed by atoms with Crippen LogP contribution >= 0.6 is 23.4 Å². The van der Waals surface area contributed by atoms with Gasteiger partial charge >= 0.3 is 0 Å². The SMILES string of the molecule is Clc1ccccc1Cn1c2ccccc2c2nnc(SCc3ccccc3)nc21. The minimum Gasteiger partial charge on any atom is -0.319 e. The van der Waals surface area contributed by atoms with Crippen LogP contribution in [0.4, 0.5) is 0 Å². The average molecular weight is 417 g/mol. The van der Waals surface area contributed by atoms with Gasteiger partial charge in [0.1, 0.15) is 5.52 Å². The molecular formula is C23H17ClN4S. The number of thioether (sulfide) groups is 1. The Hall–Kier alpha value is -2.89. The molecule has 3 aromatic carbocycles. The molecule has 0 N–H and O–H groups in total. The Labute approximate surface area is 177 Å². The second-order valence-corrected chi connectivity index (χ2v) is 8.09. The van der Waals surface area contributed by atoms with Crippen molar-refractivity contribution < 1.29 is 0 Å². The van der Waals surface area contributed by atoms with Crippen LogP contribution in [0.2, 0.25) is 5.02 Å². The normalized spacial score (nSPS) is 11.3. The third-order valence-corrected chi connectivity index (χ3v) is 6.13. The highest BCUT2D eigenvalue weighted by Gasteiger charge is 2.16. The van der Waals surface area contributed by atoms with Crippen molar-refractivity contribution >= 4 is 45.4 Å². The van der Waals surface area contributed by atoms with Crippen LogP contribution in [-0.4, -0.2) is 19.7 Å². The quantitative estimate of drug-likeness (QED) is 0.331. The van der Waals surface area contributed by atoms with Crippen LogP contribution < -0.4 is 0 Å². The van der Waals surface area contributed by atoms with Crippen molar-refractivity contribution in [3.05, 3.63) is 95.0 Å². The van der Waals surface area contributed by atoms with E-state index in [9.17, 15) is 0 Å². The van der Waals surface area contributed by atoms with Gasteiger partial charge in [0.25, 0.3) is 0 Å². The molecule has 0 atom stereocenters. The molecule has 29 heavy (non-hydrogen) atoms. The van der Waals surface area contributed by atoms with E-state index in [0.29, 0.717) is 11.7 Å². The molecule has 0 amide bonds. The van der Waals surface area contributed by atoms with Gasteiger partial charge in [0, 0.05) is 16.2 Å². The van der Waals surface area contributed by atoms with Gasteiger partial charge in [0.05, 0.1) is 12.1 Å². The summed E-state index contributed by atoms with van der Waals surface area (Å²) in [6.07, 6.45) is 0. The van der Waals surface area contributed by atoms with Crippen molar-refractivity contribution in [1.29, 1.82) is 0 Å². The Bertz CT molecular complexity index is 1300. The van der Waals surface area contributed by atoms with Gasteiger partial charge in [0.15, 0.2) is 5.65 Å². The van der Waals surface area contributed by atoms with Crippen LogP contribution in [0, 0.1) is 0 Å². The monoisotopic (exact) mass is 416 g/mol. The maximum absolute atomic E-state index is 6.43. The molecule has 142 valence electrons. The molecule has 0 aliphatic heterocycles. The first-order valence-electron chi connectivity index (χ1n) is 9.31. The number of aromatic nitrogens is 4. The van der Waals surface area contributed by atoms with Crippen LogP contribution in [-0.2, 0) is 12.3 Å². The minimum absolute atomic E-state index is 0.630. The van der Waals surface area contributed by atoms with E-state index in [-0.39, 0.29) is 0 Å². The summed E-state index contributed by atoms with van der Waals surface area (Å²) in [5, 5.41) is 11.4. The van der Waals surface area contributed by atoms with E-state index >= 15 is 0 Å². The fraction of sp³-hybridized carbons (Fsp3) is 0.0870. The van der Waals surface area contributed by atoms with Gasteiger partial charge in [0.2, 0.25) is 5.16 Å². The lowest BCUT2D eigenvalue weighted by molar-refractivity contribution is 0.814. The number of hydrogen-bond donors (Lipinski definition) is 0. The maximum atomic E-state index is 6.43. The number of benzene rings is 3. The molecule has 5 aromatic rings. The van der Waals surface area contributed by atoms with Crippen molar-refractivity contribution in [1.82, 2.24) is 19.7 Å². The molecule has 2 aromatic heterocycles. The Morgan fingerprint density at radius 3 is 2.45 bits per heavy atom. The molecule has 0 spiro atoms. The largest absolute Gasteiger partial charge is 0.319 e. The van der Waals surface area contributed by atoms with Crippen LogP contribution in [0.3, 0.4) is 0 Å². The van der Waals surface area contributed by atoms with Gasteiger partial charge in [-0.1, -0.05) is 90.1 Å². The number of para-hydroxylation sites is 1. The van der Waals surface area contributed by atoms with Gasteiger partial charge in [-0.25, -0.2) is 4.98 Å². The summed E-state index contributed by atoms with van der Waals surface area (Å²) < 4.78 is 2.17. The third kappa shape index (κ3) is 3.59. The zero-order valence-electron chi connectivity index (χ0n) is 15.5. The van der Waals surface area contributed by atoms with Gasteiger partial charge in [-0.2, -0.15) is 0 Å². The van der Waals surface area contributed by atoms with Crippen LogP contribution in [0.1, 0.15) is 11.1 Å². The molecule has 2 heterocycles. The highest BCUT2D eigenvalue weighted by Crippen LogP contribution is 2.29. The van der Waals surface area contributed by atoms with E-state index in [1.165, 1.54) is 5.56 Å². The predicted molar refractivity (Wildman–Crippen MR) is 119 cm³/mol.